The van der Waals surface area contributed by atoms with Gasteiger partial charge in [-0.05, 0) is 42.5 Å². The average molecular weight is 434 g/mol. The SMILES string of the molecule is CNC(=O)c1cc(Oc2ccc(NC(=O)CC(=O)Nc3ccccc3OC)cc2)ccn1. The highest BCUT2D eigenvalue weighted by Gasteiger charge is 2.12. The minimum atomic E-state index is -0.463. The van der Waals surface area contributed by atoms with Crippen LogP contribution in [0.25, 0.3) is 0 Å². The molecule has 3 aromatic rings. The molecule has 0 saturated heterocycles. The molecule has 0 aliphatic rings. The Morgan fingerprint density at radius 2 is 1.62 bits per heavy atom. The van der Waals surface area contributed by atoms with E-state index < -0.39 is 11.8 Å². The van der Waals surface area contributed by atoms with E-state index in [2.05, 4.69) is 20.9 Å². The van der Waals surface area contributed by atoms with E-state index in [-0.39, 0.29) is 18.0 Å². The van der Waals surface area contributed by atoms with Crippen LogP contribution in [0.3, 0.4) is 0 Å². The Morgan fingerprint density at radius 3 is 2.34 bits per heavy atom. The third-order valence-corrected chi connectivity index (χ3v) is 4.27. The summed E-state index contributed by atoms with van der Waals surface area (Å²) in [6, 6.07) is 16.7. The van der Waals surface area contributed by atoms with E-state index in [0.717, 1.165) is 0 Å². The summed E-state index contributed by atoms with van der Waals surface area (Å²) < 4.78 is 10.9. The second-order valence-electron chi connectivity index (χ2n) is 6.56. The van der Waals surface area contributed by atoms with Crippen molar-refractivity contribution in [3.8, 4) is 17.2 Å². The third kappa shape index (κ3) is 6.05. The first kappa shape index (κ1) is 22.3. The molecule has 0 aliphatic carbocycles. The van der Waals surface area contributed by atoms with Gasteiger partial charge in [0.15, 0.2) is 0 Å². The first-order chi connectivity index (χ1) is 15.5. The predicted molar refractivity (Wildman–Crippen MR) is 119 cm³/mol. The molecule has 0 radical (unpaired) electrons. The van der Waals surface area contributed by atoms with Crippen molar-refractivity contribution >= 4 is 29.1 Å². The summed E-state index contributed by atoms with van der Waals surface area (Å²) in [6.07, 6.45) is 1.13. The van der Waals surface area contributed by atoms with Gasteiger partial charge in [0.2, 0.25) is 11.8 Å². The average Bonchev–Trinajstić information content (AvgIpc) is 2.80. The second kappa shape index (κ2) is 10.6. The van der Waals surface area contributed by atoms with E-state index in [1.165, 1.54) is 26.4 Å². The van der Waals surface area contributed by atoms with Gasteiger partial charge in [0.05, 0.1) is 12.8 Å². The molecule has 3 amide bonds. The Labute approximate surface area is 184 Å². The number of para-hydroxylation sites is 2. The van der Waals surface area contributed by atoms with E-state index in [0.29, 0.717) is 28.6 Å². The highest BCUT2D eigenvalue weighted by atomic mass is 16.5. The number of carbonyl (C=O) groups excluding carboxylic acids is 3. The maximum absolute atomic E-state index is 12.2. The second-order valence-corrected chi connectivity index (χ2v) is 6.56. The number of benzene rings is 2. The quantitative estimate of drug-likeness (QED) is 0.469. The van der Waals surface area contributed by atoms with Crippen LogP contribution in [0.4, 0.5) is 11.4 Å². The van der Waals surface area contributed by atoms with Crippen LogP contribution in [0.5, 0.6) is 17.2 Å². The van der Waals surface area contributed by atoms with Crippen molar-refractivity contribution in [3.05, 3.63) is 72.6 Å². The Kier molecular flexibility index (Phi) is 7.37. The molecular formula is C23H22N4O5. The van der Waals surface area contributed by atoms with E-state index in [9.17, 15) is 14.4 Å². The van der Waals surface area contributed by atoms with Crippen LogP contribution in [0.15, 0.2) is 66.9 Å². The molecule has 9 nitrogen and oxygen atoms in total. The molecular weight excluding hydrogens is 412 g/mol. The molecule has 0 saturated carbocycles. The fourth-order valence-corrected chi connectivity index (χ4v) is 2.76. The molecule has 1 heterocycles. The number of nitrogens with one attached hydrogen (secondary N) is 3. The highest BCUT2D eigenvalue weighted by Crippen LogP contribution is 2.24. The Morgan fingerprint density at radius 1 is 0.906 bits per heavy atom. The van der Waals surface area contributed by atoms with E-state index in [4.69, 9.17) is 9.47 Å². The van der Waals surface area contributed by atoms with Crippen LogP contribution in [0, 0.1) is 0 Å². The first-order valence-corrected chi connectivity index (χ1v) is 9.67. The van der Waals surface area contributed by atoms with Gasteiger partial charge in [0, 0.05) is 25.0 Å². The van der Waals surface area contributed by atoms with Crippen LogP contribution >= 0.6 is 0 Å². The summed E-state index contributed by atoms with van der Waals surface area (Å²) >= 11 is 0. The van der Waals surface area contributed by atoms with Gasteiger partial charge in [-0.25, -0.2) is 0 Å². The van der Waals surface area contributed by atoms with Gasteiger partial charge < -0.3 is 25.4 Å². The van der Waals surface area contributed by atoms with Gasteiger partial charge in [-0.2, -0.15) is 0 Å². The highest BCUT2D eigenvalue weighted by molar-refractivity contribution is 6.08. The summed E-state index contributed by atoms with van der Waals surface area (Å²) in [4.78, 5) is 40.0. The van der Waals surface area contributed by atoms with E-state index in [1.807, 2.05) is 0 Å². The summed E-state index contributed by atoms with van der Waals surface area (Å²) in [7, 11) is 3.02. The zero-order valence-electron chi connectivity index (χ0n) is 17.5. The molecule has 0 fully saturated rings. The van der Waals surface area contributed by atoms with Gasteiger partial charge in [-0.1, -0.05) is 12.1 Å². The lowest BCUT2D eigenvalue weighted by molar-refractivity contribution is -0.123. The topological polar surface area (TPSA) is 119 Å². The zero-order chi connectivity index (χ0) is 22.9. The lowest BCUT2D eigenvalue weighted by Gasteiger charge is -2.10. The van der Waals surface area contributed by atoms with Crippen molar-refractivity contribution < 1.29 is 23.9 Å². The molecule has 9 heteroatoms. The largest absolute Gasteiger partial charge is 0.495 e. The van der Waals surface area contributed by atoms with Crippen molar-refractivity contribution in [1.82, 2.24) is 10.3 Å². The Hall–Kier alpha value is -4.40. The fraction of sp³-hybridized carbons (Fsp3) is 0.130. The Balaban J connectivity index is 1.54. The molecule has 0 atom stereocenters. The number of amides is 3. The number of methoxy groups -OCH3 is 1. The molecule has 1 aromatic heterocycles. The number of rotatable bonds is 8. The lowest BCUT2D eigenvalue weighted by atomic mass is 10.2. The molecule has 0 bridgehead atoms. The van der Waals surface area contributed by atoms with Crippen molar-refractivity contribution in [1.29, 1.82) is 0 Å². The van der Waals surface area contributed by atoms with Crippen LogP contribution in [-0.4, -0.2) is 36.9 Å². The normalized spacial score (nSPS) is 10.1. The number of nitrogens with zero attached hydrogens (tertiary/aromatic N) is 1. The van der Waals surface area contributed by atoms with Gasteiger partial charge in [-0.15, -0.1) is 0 Å². The zero-order valence-corrected chi connectivity index (χ0v) is 17.5. The maximum Gasteiger partial charge on any atom is 0.269 e. The predicted octanol–water partition coefficient (Wildman–Crippen LogP) is 3.21. The minimum Gasteiger partial charge on any atom is -0.495 e. The number of anilines is 2. The Bertz CT molecular complexity index is 1120. The van der Waals surface area contributed by atoms with Crippen LogP contribution < -0.4 is 25.4 Å². The standard InChI is InChI=1S/C23H22N4O5/c1-24-23(30)19-13-17(11-12-25-19)32-16-9-7-15(8-10-16)26-21(28)14-22(29)27-18-5-3-4-6-20(18)31-2/h3-13H,14H2,1-2H3,(H,24,30)(H,26,28)(H,27,29). The van der Waals surface area contributed by atoms with Gasteiger partial charge in [0.25, 0.3) is 5.91 Å². The smallest absolute Gasteiger partial charge is 0.269 e. The van der Waals surface area contributed by atoms with Crippen molar-refractivity contribution in [3.63, 3.8) is 0 Å². The molecule has 32 heavy (non-hydrogen) atoms. The van der Waals surface area contributed by atoms with E-state index in [1.54, 1.807) is 54.6 Å². The van der Waals surface area contributed by atoms with Crippen molar-refractivity contribution in [2.75, 3.05) is 24.8 Å². The number of aromatic nitrogens is 1. The van der Waals surface area contributed by atoms with Gasteiger partial charge >= 0.3 is 0 Å². The number of ether oxygens (including phenoxy) is 2. The molecule has 0 unspecified atom stereocenters. The van der Waals surface area contributed by atoms with Crippen LogP contribution in [-0.2, 0) is 9.59 Å². The molecule has 0 spiro atoms. The third-order valence-electron chi connectivity index (χ3n) is 4.27. The number of hydrogen-bond acceptors (Lipinski definition) is 6. The van der Waals surface area contributed by atoms with Gasteiger partial charge in [-0.3, -0.25) is 19.4 Å². The lowest BCUT2D eigenvalue weighted by Crippen LogP contribution is -2.21. The minimum absolute atomic E-state index is 0.236. The molecule has 3 rings (SSSR count). The monoisotopic (exact) mass is 434 g/mol. The molecule has 164 valence electrons. The summed E-state index contributed by atoms with van der Waals surface area (Å²) in [5.74, 6) is 0.220. The fourth-order valence-electron chi connectivity index (χ4n) is 2.76. The molecule has 0 aliphatic heterocycles. The summed E-state index contributed by atoms with van der Waals surface area (Å²) in [5, 5.41) is 7.81. The first-order valence-electron chi connectivity index (χ1n) is 9.67. The van der Waals surface area contributed by atoms with Crippen LogP contribution in [0.1, 0.15) is 16.9 Å². The van der Waals surface area contributed by atoms with Crippen molar-refractivity contribution in [2.45, 2.75) is 6.42 Å². The molecule has 3 N–H and O–H groups in total. The van der Waals surface area contributed by atoms with Crippen molar-refractivity contribution in [2.24, 2.45) is 0 Å². The van der Waals surface area contributed by atoms with Crippen LogP contribution in [0.2, 0.25) is 0 Å². The number of hydrogen-bond donors (Lipinski definition) is 3. The summed E-state index contributed by atoms with van der Waals surface area (Å²) in [6.45, 7) is 0. The maximum atomic E-state index is 12.2. The summed E-state index contributed by atoms with van der Waals surface area (Å²) in [5.41, 5.74) is 1.23. The number of pyridine rings is 1. The molecule has 2 aromatic carbocycles. The number of carbonyl (C=O) groups is 3. The van der Waals surface area contributed by atoms with Gasteiger partial charge in [0.1, 0.15) is 29.4 Å². The van der Waals surface area contributed by atoms with E-state index >= 15 is 0 Å².